The summed E-state index contributed by atoms with van der Waals surface area (Å²) in [6, 6.07) is 9.52. The van der Waals surface area contributed by atoms with Crippen molar-refractivity contribution in [3.63, 3.8) is 0 Å². The van der Waals surface area contributed by atoms with Gasteiger partial charge in [0.2, 0.25) is 0 Å². The van der Waals surface area contributed by atoms with Gasteiger partial charge in [-0.15, -0.1) is 0 Å². The molecule has 128 valence electrons. The number of amides is 2. The molecule has 1 aromatic rings. The molecule has 2 heterocycles. The second-order valence-electron chi connectivity index (χ2n) is 6.41. The topological polar surface area (TPSA) is 65.5 Å². The number of allylic oxidation sites excluding steroid dienone is 1. The van der Waals surface area contributed by atoms with Crippen LogP contribution in [0.5, 0.6) is 0 Å². The number of halogens is 1. The molecule has 0 spiro atoms. The van der Waals surface area contributed by atoms with Gasteiger partial charge >= 0.3 is 6.03 Å². The summed E-state index contributed by atoms with van der Waals surface area (Å²) >= 11 is 6.04. The third-order valence-electron chi connectivity index (χ3n) is 4.65. The zero-order valence-electron chi connectivity index (χ0n) is 13.7. The van der Waals surface area contributed by atoms with Crippen molar-refractivity contribution in [1.82, 2.24) is 10.6 Å². The van der Waals surface area contributed by atoms with Crippen LogP contribution in [0.4, 0.5) is 10.5 Å². The van der Waals surface area contributed by atoms with Crippen LogP contribution in [0.1, 0.15) is 13.3 Å². The van der Waals surface area contributed by atoms with Crippen LogP contribution in [0.2, 0.25) is 0 Å². The van der Waals surface area contributed by atoms with E-state index in [1.54, 1.807) is 6.21 Å². The monoisotopic (exact) mass is 346 g/mol. The van der Waals surface area contributed by atoms with Crippen molar-refractivity contribution in [2.45, 2.75) is 25.4 Å². The van der Waals surface area contributed by atoms with Crippen LogP contribution in [0.25, 0.3) is 0 Å². The molecule has 2 unspecified atom stereocenters. The van der Waals surface area contributed by atoms with Gasteiger partial charge in [-0.1, -0.05) is 42.8 Å². The minimum Gasteiger partial charge on any atom is -0.335 e. The van der Waals surface area contributed by atoms with E-state index in [4.69, 9.17) is 11.6 Å². The van der Waals surface area contributed by atoms with E-state index in [0.29, 0.717) is 5.03 Å². The lowest BCUT2D eigenvalue weighted by atomic mass is 9.80. The van der Waals surface area contributed by atoms with E-state index < -0.39 is 0 Å². The molecule has 2 aliphatic heterocycles. The fourth-order valence-electron chi connectivity index (χ4n) is 3.46. The summed E-state index contributed by atoms with van der Waals surface area (Å²) in [5.41, 5.74) is 0.791. The lowest BCUT2D eigenvalue weighted by molar-refractivity contribution is 0.211. The molecule has 0 aliphatic carbocycles. The Labute approximate surface area is 147 Å². The number of nitrogens with zero attached hydrogens (tertiary/aromatic N) is 1. The number of nitrogens with one attached hydrogen (secondary N) is 3. The van der Waals surface area contributed by atoms with Crippen molar-refractivity contribution in [3.8, 4) is 0 Å². The molecule has 3 rings (SSSR count). The van der Waals surface area contributed by atoms with Crippen molar-refractivity contribution >= 4 is 29.5 Å². The van der Waals surface area contributed by atoms with Crippen LogP contribution in [0.3, 0.4) is 0 Å². The molecule has 2 aliphatic rings. The van der Waals surface area contributed by atoms with Crippen molar-refractivity contribution in [1.29, 1.82) is 0 Å². The Bertz CT molecular complexity index is 631. The maximum absolute atomic E-state index is 12.3. The maximum atomic E-state index is 12.3. The number of anilines is 1. The summed E-state index contributed by atoms with van der Waals surface area (Å²) in [5.74, 6) is 0.501. The molecule has 0 saturated carbocycles. The minimum absolute atomic E-state index is 0.0878. The number of dihydropyridines is 1. The van der Waals surface area contributed by atoms with Gasteiger partial charge in [0.1, 0.15) is 0 Å². The molecule has 1 saturated heterocycles. The number of hydrogen-bond donors (Lipinski definition) is 3. The number of rotatable bonds is 3. The number of carbonyl (C=O) groups is 1. The molecule has 1 aromatic carbocycles. The van der Waals surface area contributed by atoms with Gasteiger partial charge in [0.15, 0.2) is 0 Å². The van der Waals surface area contributed by atoms with E-state index in [1.165, 1.54) is 0 Å². The molecule has 2 amide bonds. The summed E-state index contributed by atoms with van der Waals surface area (Å²) in [5, 5.41) is 10.1. The molecule has 5 nitrogen and oxygen atoms in total. The fraction of sp³-hybridized carbons (Fsp3) is 0.444. The van der Waals surface area contributed by atoms with Crippen LogP contribution < -0.4 is 16.0 Å². The van der Waals surface area contributed by atoms with Crippen molar-refractivity contribution in [2.75, 3.05) is 18.4 Å². The Morgan fingerprint density at radius 2 is 2.12 bits per heavy atom. The zero-order valence-corrected chi connectivity index (χ0v) is 14.5. The van der Waals surface area contributed by atoms with E-state index in [2.05, 4.69) is 27.9 Å². The Kier molecular flexibility index (Phi) is 5.53. The number of para-hydroxylation sites is 1. The van der Waals surface area contributed by atoms with Gasteiger partial charge in [-0.2, -0.15) is 0 Å². The van der Waals surface area contributed by atoms with Crippen LogP contribution in [0.15, 0.2) is 46.4 Å². The van der Waals surface area contributed by atoms with Crippen molar-refractivity contribution < 1.29 is 4.79 Å². The third-order valence-corrected chi connectivity index (χ3v) is 4.87. The summed E-state index contributed by atoms with van der Waals surface area (Å²) in [7, 11) is 0. The van der Waals surface area contributed by atoms with Crippen molar-refractivity contribution in [3.05, 3.63) is 41.4 Å². The third kappa shape index (κ3) is 4.16. The smallest absolute Gasteiger partial charge is 0.319 e. The predicted octanol–water partition coefficient (Wildman–Crippen LogP) is 3.00. The van der Waals surface area contributed by atoms with Gasteiger partial charge in [0.05, 0.1) is 11.1 Å². The molecule has 4 atom stereocenters. The SMILES string of the molecule is CC1C=C(Cl)C=NC1[C@@H]1CNCC[C@H]1NC(=O)Nc1ccccc1. The first-order chi connectivity index (χ1) is 11.6. The molecule has 0 bridgehead atoms. The Hall–Kier alpha value is -1.85. The molecule has 6 heteroatoms. The molecular formula is C18H23ClN4O. The number of carbonyl (C=O) groups excluding carboxylic acids is 1. The Morgan fingerprint density at radius 3 is 2.88 bits per heavy atom. The van der Waals surface area contributed by atoms with Gasteiger partial charge in [-0.25, -0.2) is 4.79 Å². The highest BCUT2D eigenvalue weighted by atomic mass is 35.5. The highest BCUT2D eigenvalue weighted by molar-refractivity contribution is 6.39. The van der Waals surface area contributed by atoms with Gasteiger partial charge in [-0.05, 0) is 31.0 Å². The quantitative estimate of drug-likeness (QED) is 0.787. The summed E-state index contributed by atoms with van der Waals surface area (Å²) < 4.78 is 0. The lowest BCUT2D eigenvalue weighted by Gasteiger charge is -2.38. The van der Waals surface area contributed by atoms with E-state index >= 15 is 0 Å². The standard InChI is InChI=1S/C18H23ClN4O/c1-12-9-13(19)10-21-17(12)15-11-20-8-7-16(15)23-18(24)22-14-5-3-2-4-6-14/h2-6,9-10,12,15-17,20H,7-8,11H2,1H3,(H2,22,23,24)/t12?,15-,16-,17?/m1/s1. The first kappa shape index (κ1) is 17.0. The summed E-state index contributed by atoms with van der Waals surface area (Å²) in [6.07, 6.45) is 4.65. The lowest BCUT2D eigenvalue weighted by Crippen LogP contribution is -2.55. The second kappa shape index (κ2) is 7.81. The van der Waals surface area contributed by atoms with Gasteiger partial charge in [0, 0.05) is 30.4 Å². The number of hydrogen-bond acceptors (Lipinski definition) is 3. The number of aliphatic imine (C=N–C) groups is 1. The van der Waals surface area contributed by atoms with Crippen LogP contribution >= 0.6 is 11.6 Å². The number of urea groups is 1. The molecular weight excluding hydrogens is 324 g/mol. The van der Waals surface area contributed by atoms with Gasteiger partial charge < -0.3 is 16.0 Å². The average molecular weight is 347 g/mol. The van der Waals surface area contributed by atoms with Crippen LogP contribution in [-0.4, -0.2) is 37.4 Å². The molecule has 0 radical (unpaired) electrons. The fourth-order valence-corrected chi connectivity index (χ4v) is 3.72. The average Bonchev–Trinajstić information content (AvgIpc) is 2.57. The Balaban J connectivity index is 1.64. The largest absolute Gasteiger partial charge is 0.335 e. The van der Waals surface area contributed by atoms with E-state index in [-0.39, 0.29) is 30.0 Å². The molecule has 3 N–H and O–H groups in total. The minimum atomic E-state index is -0.167. The predicted molar refractivity (Wildman–Crippen MR) is 98.7 cm³/mol. The highest BCUT2D eigenvalue weighted by Gasteiger charge is 2.35. The van der Waals surface area contributed by atoms with Gasteiger partial charge in [0.25, 0.3) is 0 Å². The van der Waals surface area contributed by atoms with Crippen LogP contribution in [0, 0.1) is 11.8 Å². The second-order valence-corrected chi connectivity index (χ2v) is 6.84. The van der Waals surface area contributed by atoms with Crippen molar-refractivity contribution in [2.24, 2.45) is 16.8 Å². The first-order valence-electron chi connectivity index (χ1n) is 8.37. The first-order valence-corrected chi connectivity index (χ1v) is 8.75. The van der Waals surface area contributed by atoms with E-state index in [0.717, 1.165) is 25.2 Å². The maximum Gasteiger partial charge on any atom is 0.319 e. The highest BCUT2D eigenvalue weighted by Crippen LogP contribution is 2.28. The molecule has 1 fully saturated rings. The summed E-state index contributed by atoms with van der Waals surface area (Å²) in [6.45, 7) is 3.86. The van der Waals surface area contributed by atoms with E-state index in [9.17, 15) is 4.79 Å². The zero-order chi connectivity index (χ0) is 16.9. The van der Waals surface area contributed by atoms with Gasteiger partial charge in [-0.3, -0.25) is 4.99 Å². The normalized spacial score (nSPS) is 29.7. The molecule has 24 heavy (non-hydrogen) atoms. The number of benzene rings is 1. The number of piperidine rings is 1. The molecule has 0 aromatic heterocycles. The van der Waals surface area contributed by atoms with E-state index in [1.807, 2.05) is 36.4 Å². The summed E-state index contributed by atoms with van der Waals surface area (Å²) in [4.78, 5) is 16.9. The van der Waals surface area contributed by atoms with Crippen LogP contribution in [-0.2, 0) is 0 Å². The Morgan fingerprint density at radius 1 is 1.33 bits per heavy atom.